The van der Waals surface area contributed by atoms with Crippen molar-refractivity contribution >= 4 is 23.5 Å². The van der Waals surface area contributed by atoms with Crippen LogP contribution in [-0.4, -0.2) is 32.4 Å². The molecule has 0 saturated carbocycles. The molecule has 132 valence electrons. The molecule has 1 heterocycles. The van der Waals surface area contributed by atoms with Crippen LogP contribution in [0.1, 0.15) is 30.5 Å². The van der Waals surface area contributed by atoms with Crippen LogP contribution in [0, 0.1) is 0 Å². The summed E-state index contributed by atoms with van der Waals surface area (Å²) in [7, 11) is 5.56. The van der Waals surface area contributed by atoms with E-state index in [2.05, 4.69) is 41.6 Å². The third-order valence-electron chi connectivity index (χ3n) is 4.65. The number of methoxy groups -OCH3 is 1. The number of hydrogen-bond acceptors (Lipinski definition) is 4. The van der Waals surface area contributed by atoms with Crippen LogP contribution in [-0.2, 0) is 5.41 Å². The minimum absolute atomic E-state index is 0.191. The monoisotopic (exact) mass is 357 g/mol. The minimum atomic E-state index is -0.205. The molecule has 2 aromatic rings. The zero-order valence-corrected chi connectivity index (χ0v) is 15.8. The Labute approximate surface area is 154 Å². The standard InChI is InChI=1S/C20H24ClN3O/c1-20(13-22-24(2)3)12-19(14-5-7-15(21)8-6-14)23-18-10-9-16(25-4)11-17(18)20/h5-11,13,19,23H,12H2,1-4H3/b22-13+/t19-,20+/m0/s1. The molecule has 2 aromatic carbocycles. The topological polar surface area (TPSA) is 36.9 Å². The average Bonchev–Trinajstić information content (AvgIpc) is 2.60. The Balaban J connectivity index is 2.04. The van der Waals surface area contributed by atoms with Crippen molar-refractivity contribution in [1.82, 2.24) is 5.01 Å². The highest BCUT2D eigenvalue weighted by Crippen LogP contribution is 2.44. The zero-order valence-electron chi connectivity index (χ0n) is 15.1. The van der Waals surface area contributed by atoms with Gasteiger partial charge in [0.2, 0.25) is 0 Å². The maximum absolute atomic E-state index is 6.04. The molecule has 0 amide bonds. The van der Waals surface area contributed by atoms with Crippen molar-refractivity contribution in [2.45, 2.75) is 24.8 Å². The van der Waals surface area contributed by atoms with Crippen LogP contribution in [0.5, 0.6) is 5.75 Å². The van der Waals surface area contributed by atoms with Crippen molar-refractivity contribution in [1.29, 1.82) is 0 Å². The predicted octanol–water partition coefficient (Wildman–Crippen LogP) is 4.71. The molecular formula is C20H24ClN3O. The SMILES string of the molecule is COc1ccc2c(c1)[C@@](C)(/C=N/N(C)C)C[C@@H](c1ccc(Cl)cc1)N2. The molecule has 0 aromatic heterocycles. The molecule has 0 radical (unpaired) electrons. The lowest BCUT2D eigenvalue weighted by Gasteiger charge is -2.39. The second-order valence-corrected chi connectivity index (χ2v) is 7.31. The first-order valence-corrected chi connectivity index (χ1v) is 8.72. The highest BCUT2D eigenvalue weighted by Gasteiger charge is 2.36. The Hall–Kier alpha value is -2.20. The van der Waals surface area contributed by atoms with E-state index < -0.39 is 0 Å². The van der Waals surface area contributed by atoms with Gasteiger partial charge in [-0.3, -0.25) is 0 Å². The summed E-state index contributed by atoms with van der Waals surface area (Å²) in [6.45, 7) is 2.22. The van der Waals surface area contributed by atoms with Gasteiger partial charge in [0.05, 0.1) is 13.2 Å². The van der Waals surface area contributed by atoms with Crippen molar-refractivity contribution in [3.63, 3.8) is 0 Å². The van der Waals surface area contributed by atoms with Gasteiger partial charge >= 0.3 is 0 Å². The molecule has 4 nitrogen and oxygen atoms in total. The van der Waals surface area contributed by atoms with Gasteiger partial charge in [0, 0.05) is 36.4 Å². The lowest BCUT2D eigenvalue weighted by atomic mass is 9.73. The van der Waals surface area contributed by atoms with E-state index in [4.69, 9.17) is 16.3 Å². The van der Waals surface area contributed by atoms with Crippen LogP contribution in [0.4, 0.5) is 5.69 Å². The van der Waals surface area contributed by atoms with Crippen LogP contribution in [0.3, 0.4) is 0 Å². The third-order valence-corrected chi connectivity index (χ3v) is 4.90. The molecule has 0 fully saturated rings. The Morgan fingerprint density at radius 1 is 1.24 bits per heavy atom. The molecule has 1 N–H and O–H groups in total. The molecule has 2 atom stereocenters. The van der Waals surface area contributed by atoms with Crippen molar-refractivity contribution in [2.75, 3.05) is 26.5 Å². The smallest absolute Gasteiger partial charge is 0.119 e. The largest absolute Gasteiger partial charge is 0.497 e. The lowest BCUT2D eigenvalue weighted by Crippen LogP contribution is -2.35. The van der Waals surface area contributed by atoms with E-state index in [1.165, 1.54) is 11.1 Å². The van der Waals surface area contributed by atoms with E-state index >= 15 is 0 Å². The fraction of sp³-hybridized carbons (Fsp3) is 0.350. The number of nitrogens with zero attached hydrogens (tertiary/aromatic N) is 2. The molecule has 0 aliphatic carbocycles. The highest BCUT2D eigenvalue weighted by atomic mass is 35.5. The second-order valence-electron chi connectivity index (χ2n) is 6.87. The van der Waals surface area contributed by atoms with Crippen LogP contribution < -0.4 is 10.1 Å². The summed E-state index contributed by atoms with van der Waals surface area (Å²) < 4.78 is 5.43. The fourth-order valence-corrected chi connectivity index (χ4v) is 3.41. The van der Waals surface area contributed by atoms with Gasteiger partial charge in [-0.15, -0.1) is 0 Å². The predicted molar refractivity (Wildman–Crippen MR) is 105 cm³/mol. The fourth-order valence-electron chi connectivity index (χ4n) is 3.28. The van der Waals surface area contributed by atoms with Gasteiger partial charge in [-0.05, 0) is 47.9 Å². The van der Waals surface area contributed by atoms with Crippen LogP contribution in [0.2, 0.25) is 5.02 Å². The molecule has 25 heavy (non-hydrogen) atoms. The van der Waals surface area contributed by atoms with Gasteiger partial charge in [0.15, 0.2) is 0 Å². The molecular weight excluding hydrogens is 334 g/mol. The molecule has 1 aliphatic rings. The van der Waals surface area contributed by atoms with Crippen LogP contribution >= 0.6 is 11.6 Å². The number of ether oxygens (including phenoxy) is 1. The van der Waals surface area contributed by atoms with E-state index in [0.29, 0.717) is 0 Å². The zero-order chi connectivity index (χ0) is 18.0. The average molecular weight is 358 g/mol. The van der Waals surface area contributed by atoms with Crippen LogP contribution in [0.25, 0.3) is 0 Å². The first kappa shape index (κ1) is 17.6. The van der Waals surface area contributed by atoms with Crippen LogP contribution in [0.15, 0.2) is 47.6 Å². The Bertz CT molecular complexity index is 773. The normalized spacial score (nSPS) is 22.4. The molecule has 0 spiro atoms. The number of nitrogens with one attached hydrogen (secondary N) is 1. The van der Waals surface area contributed by atoms with E-state index in [0.717, 1.165) is 22.9 Å². The van der Waals surface area contributed by atoms with E-state index in [9.17, 15) is 0 Å². The van der Waals surface area contributed by atoms with E-state index in [1.807, 2.05) is 43.5 Å². The number of fused-ring (bicyclic) bond motifs is 1. The van der Waals surface area contributed by atoms with Gasteiger partial charge in [-0.1, -0.05) is 30.7 Å². The van der Waals surface area contributed by atoms with Crippen molar-refractivity contribution in [2.24, 2.45) is 5.10 Å². The Morgan fingerprint density at radius 2 is 1.96 bits per heavy atom. The first-order valence-electron chi connectivity index (χ1n) is 8.34. The van der Waals surface area contributed by atoms with Gasteiger partial charge in [-0.2, -0.15) is 5.10 Å². The molecule has 0 saturated heterocycles. The number of benzene rings is 2. The maximum atomic E-state index is 6.04. The number of anilines is 1. The highest BCUT2D eigenvalue weighted by molar-refractivity contribution is 6.30. The number of hydrogen-bond donors (Lipinski definition) is 1. The number of hydrazone groups is 1. The Morgan fingerprint density at radius 3 is 2.60 bits per heavy atom. The summed E-state index contributed by atoms with van der Waals surface area (Å²) in [6.07, 6.45) is 2.93. The van der Waals surface area contributed by atoms with Crippen molar-refractivity contribution < 1.29 is 4.74 Å². The van der Waals surface area contributed by atoms with Gasteiger partial charge < -0.3 is 15.1 Å². The Kier molecular flexibility index (Phi) is 4.91. The summed E-state index contributed by atoms with van der Waals surface area (Å²) in [5.41, 5.74) is 3.32. The molecule has 0 unspecified atom stereocenters. The van der Waals surface area contributed by atoms with Gasteiger partial charge in [0.25, 0.3) is 0 Å². The van der Waals surface area contributed by atoms with E-state index in [-0.39, 0.29) is 11.5 Å². The second kappa shape index (κ2) is 6.96. The summed E-state index contributed by atoms with van der Waals surface area (Å²) in [4.78, 5) is 0. The summed E-state index contributed by atoms with van der Waals surface area (Å²) >= 11 is 6.04. The molecule has 0 bridgehead atoms. The summed E-state index contributed by atoms with van der Waals surface area (Å²) in [5, 5.41) is 10.8. The molecule has 3 rings (SSSR count). The summed E-state index contributed by atoms with van der Waals surface area (Å²) in [5.74, 6) is 0.856. The van der Waals surface area contributed by atoms with Crippen molar-refractivity contribution in [3.05, 3.63) is 58.6 Å². The number of rotatable bonds is 4. The quantitative estimate of drug-likeness (QED) is 0.636. The molecule has 1 aliphatic heterocycles. The number of halogens is 1. The van der Waals surface area contributed by atoms with Gasteiger partial charge in [-0.25, -0.2) is 0 Å². The first-order chi connectivity index (χ1) is 11.9. The minimum Gasteiger partial charge on any atom is -0.497 e. The van der Waals surface area contributed by atoms with E-state index in [1.54, 1.807) is 7.11 Å². The maximum Gasteiger partial charge on any atom is 0.119 e. The third kappa shape index (κ3) is 3.74. The van der Waals surface area contributed by atoms with Gasteiger partial charge in [0.1, 0.15) is 5.75 Å². The van der Waals surface area contributed by atoms with Crippen molar-refractivity contribution in [3.8, 4) is 5.75 Å². The lowest BCUT2D eigenvalue weighted by molar-refractivity contribution is 0.410. The summed E-state index contributed by atoms with van der Waals surface area (Å²) in [6, 6.07) is 14.4. The molecule has 5 heteroatoms.